The Morgan fingerprint density at radius 2 is 1.37 bits per heavy atom. The first-order valence-electron chi connectivity index (χ1n) is 10.5. The summed E-state index contributed by atoms with van der Waals surface area (Å²) >= 11 is 0. The molecule has 9 heteroatoms. The second-order valence-corrected chi connectivity index (χ2v) is 7.15. The Kier molecular flexibility index (Phi) is 7.27. The Hall–Kier alpha value is -4.79. The van der Waals surface area contributed by atoms with Gasteiger partial charge < -0.3 is 18.6 Å². The third kappa shape index (κ3) is 6.38. The maximum absolute atomic E-state index is 13.1. The van der Waals surface area contributed by atoms with Crippen molar-refractivity contribution in [3.8, 4) is 23.2 Å². The summed E-state index contributed by atoms with van der Waals surface area (Å²) in [7, 11) is 0. The van der Waals surface area contributed by atoms with Gasteiger partial charge in [-0.3, -0.25) is 4.84 Å². The van der Waals surface area contributed by atoms with Crippen LogP contribution in [0.25, 0.3) is 0 Å². The van der Waals surface area contributed by atoms with Crippen LogP contribution in [-0.2, 0) is 4.84 Å². The monoisotopic (exact) mass is 477 g/mol. The smallest absolute Gasteiger partial charge is 0.428 e. The van der Waals surface area contributed by atoms with Gasteiger partial charge in [-0.2, -0.15) is 0 Å². The van der Waals surface area contributed by atoms with E-state index >= 15 is 0 Å². The number of hydroxylamine groups is 2. The van der Waals surface area contributed by atoms with E-state index in [4.69, 9.17) is 23.5 Å². The van der Waals surface area contributed by atoms with E-state index < -0.39 is 24.1 Å². The van der Waals surface area contributed by atoms with E-state index in [1.54, 1.807) is 67.6 Å². The van der Waals surface area contributed by atoms with Gasteiger partial charge in [-0.25, -0.2) is 14.0 Å². The van der Waals surface area contributed by atoms with Crippen molar-refractivity contribution in [1.82, 2.24) is 5.06 Å². The third-order valence-corrected chi connectivity index (χ3v) is 4.64. The molecule has 178 valence electrons. The molecule has 1 aromatic heterocycles. The van der Waals surface area contributed by atoms with E-state index in [1.165, 1.54) is 36.4 Å². The summed E-state index contributed by atoms with van der Waals surface area (Å²) in [4.78, 5) is 30.5. The molecule has 0 spiro atoms. The number of hydrogen-bond donors (Lipinski definition) is 0. The molecule has 0 bridgehead atoms. The van der Waals surface area contributed by atoms with E-state index in [1.807, 2.05) is 0 Å². The molecule has 1 amide bonds. The van der Waals surface area contributed by atoms with Gasteiger partial charge in [-0.05, 0) is 61.5 Å². The van der Waals surface area contributed by atoms with Crippen molar-refractivity contribution < 1.29 is 37.4 Å². The molecule has 0 aliphatic heterocycles. The fourth-order valence-electron chi connectivity index (χ4n) is 2.94. The fraction of sp³-hybridized carbons (Fsp3) is 0.0769. The molecule has 1 atom stereocenters. The number of ether oxygens (including phenoxy) is 3. The molecular formula is C26H20FNO7. The van der Waals surface area contributed by atoms with Crippen molar-refractivity contribution in [3.05, 3.63) is 109 Å². The summed E-state index contributed by atoms with van der Waals surface area (Å²) in [5.74, 6) is 0.728. The number of para-hydroxylation sites is 2. The molecule has 3 aromatic carbocycles. The molecule has 0 aliphatic rings. The summed E-state index contributed by atoms with van der Waals surface area (Å²) in [6.07, 6.45) is -2.13. The Balaban J connectivity index is 1.51. The van der Waals surface area contributed by atoms with Gasteiger partial charge in [0.15, 0.2) is 0 Å². The zero-order chi connectivity index (χ0) is 24.6. The predicted octanol–water partition coefficient (Wildman–Crippen LogP) is 6.90. The lowest BCUT2D eigenvalue weighted by Gasteiger charge is -2.24. The molecule has 8 nitrogen and oxygen atoms in total. The zero-order valence-electron chi connectivity index (χ0n) is 18.5. The number of carbonyl (C=O) groups excluding carboxylic acids is 2. The normalized spacial score (nSPS) is 11.3. The number of halogens is 1. The highest BCUT2D eigenvalue weighted by molar-refractivity contribution is 5.73. The Morgan fingerprint density at radius 3 is 2.00 bits per heavy atom. The van der Waals surface area contributed by atoms with E-state index in [-0.39, 0.29) is 23.2 Å². The minimum Gasteiger partial charge on any atom is -0.428 e. The van der Waals surface area contributed by atoms with Crippen LogP contribution in [-0.4, -0.2) is 17.3 Å². The van der Waals surface area contributed by atoms with E-state index in [9.17, 15) is 14.0 Å². The second-order valence-electron chi connectivity index (χ2n) is 7.15. The molecule has 4 aromatic rings. The van der Waals surface area contributed by atoms with Gasteiger partial charge in [-0.15, -0.1) is 5.06 Å². The summed E-state index contributed by atoms with van der Waals surface area (Å²) < 4.78 is 34.8. The highest BCUT2D eigenvalue weighted by Crippen LogP contribution is 2.30. The third-order valence-electron chi connectivity index (χ3n) is 4.64. The number of furan rings is 1. The van der Waals surface area contributed by atoms with Crippen LogP contribution >= 0.6 is 0 Å². The quantitative estimate of drug-likeness (QED) is 0.169. The van der Waals surface area contributed by atoms with Gasteiger partial charge in [0.25, 0.3) is 5.95 Å². The lowest BCUT2D eigenvalue weighted by atomic mass is 10.2. The minimum atomic E-state index is -1.15. The van der Waals surface area contributed by atoms with Gasteiger partial charge >= 0.3 is 12.2 Å². The van der Waals surface area contributed by atoms with Crippen molar-refractivity contribution in [2.75, 3.05) is 0 Å². The minimum absolute atomic E-state index is 0.0849. The molecule has 0 saturated carbocycles. The molecule has 0 N–H and O–H groups in total. The predicted molar refractivity (Wildman–Crippen MR) is 121 cm³/mol. The maximum Gasteiger partial charge on any atom is 0.539 e. The van der Waals surface area contributed by atoms with Crippen LogP contribution in [0.4, 0.5) is 14.0 Å². The summed E-state index contributed by atoms with van der Waals surface area (Å²) in [5.41, 5.74) is 0. The first-order chi connectivity index (χ1) is 17.0. The lowest BCUT2D eigenvalue weighted by Crippen LogP contribution is -2.38. The van der Waals surface area contributed by atoms with Crippen molar-refractivity contribution >= 4 is 12.2 Å². The SMILES string of the molecule is CC(c1ccc(Oc2ccc(F)cc2)o1)N(OC(=O)Oc1ccccc1)C(=O)Oc1ccccc1. The lowest BCUT2D eigenvalue weighted by molar-refractivity contribution is -0.117. The number of rotatable bonds is 6. The largest absolute Gasteiger partial charge is 0.539 e. The first kappa shape index (κ1) is 23.4. The highest BCUT2D eigenvalue weighted by atomic mass is 19.1. The summed E-state index contributed by atoms with van der Waals surface area (Å²) in [5, 5.41) is 0.693. The zero-order valence-corrected chi connectivity index (χ0v) is 18.5. The fourth-order valence-corrected chi connectivity index (χ4v) is 2.94. The second kappa shape index (κ2) is 10.9. The summed E-state index contributed by atoms with van der Waals surface area (Å²) in [6, 6.07) is 24.0. The van der Waals surface area contributed by atoms with E-state index in [0.717, 1.165) is 0 Å². The van der Waals surface area contributed by atoms with Crippen LogP contribution in [0, 0.1) is 5.82 Å². The van der Waals surface area contributed by atoms with Crippen LogP contribution in [0.15, 0.2) is 101 Å². The first-order valence-corrected chi connectivity index (χ1v) is 10.5. The Bertz CT molecular complexity index is 1260. The van der Waals surface area contributed by atoms with Crippen LogP contribution in [0.3, 0.4) is 0 Å². The Morgan fingerprint density at radius 1 is 0.771 bits per heavy atom. The molecule has 0 saturated heterocycles. The molecular weight excluding hydrogens is 457 g/mol. The van der Waals surface area contributed by atoms with Gasteiger partial charge in [0.2, 0.25) is 0 Å². The average Bonchev–Trinajstić information content (AvgIpc) is 3.33. The number of carbonyl (C=O) groups is 2. The highest BCUT2D eigenvalue weighted by Gasteiger charge is 2.31. The van der Waals surface area contributed by atoms with Gasteiger partial charge in [0, 0.05) is 6.07 Å². The molecule has 1 unspecified atom stereocenters. The standard InChI is InChI=1S/C26H20FNO7/c1-18(23-16-17-24(34-23)31-22-14-12-19(27)13-15-22)28(25(29)32-20-8-4-2-5-9-20)35-26(30)33-21-10-6-3-7-11-21/h2-18H,1H3. The summed E-state index contributed by atoms with van der Waals surface area (Å²) in [6.45, 7) is 1.56. The van der Waals surface area contributed by atoms with Crippen molar-refractivity contribution in [2.24, 2.45) is 0 Å². The number of amides is 1. The van der Waals surface area contributed by atoms with E-state index in [0.29, 0.717) is 10.8 Å². The molecule has 35 heavy (non-hydrogen) atoms. The molecule has 0 fully saturated rings. The Labute approximate surface area is 200 Å². The molecule has 0 aliphatic carbocycles. The molecule has 4 rings (SSSR count). The van der Waals surface area contributed by atoms with Gasteiger partial charge in [0.05, 0.1) is 0 Å². The van der Waals surface area contributed by atoms with Crippen LogP contribution in [0.5, 0.6) is 23.2 Å². The topological polar surface area (TPSA) is 87.4 Å². The van der Waals surface area contributed by atoms with Gasteiger partial charge in [0.1, 0.15) is 34.9 Å². The number of nitrogens with zero attached hydrogens (tertiary/aromatic N) is 1. The van der Waals surface area contributed by atoms with Crippen molar-refractivity contribution in [3.63, 3.8) is 0 Å². The molecule has 0 radical (unpaired) electrons. The number of benzene rings is 3. The van der Waals surface area contributed by atoms with Crippen molar-refractivity contribution in [1.29, 1.82) is 0 Å². The van der Waals surface area contributed by atoms with E-state index in [2.05, 4.69) is 0 Å². The molecule has 1 heterocycles. The van der Waals surface area contributed by atoms with Crippen LogP contribution in [0.2, 0.25) is 0 Å². The number of hydrogen-bond acceptors (Lipinski definition) is 7. The van der Waals surface area contributed by atoms with Gasteiger partial charge in [-0.1, -0.05) is 36.4 Å². The van der Waals surface area contributed by atoms with Crippen LogP contribution in [0.1, 0.15) is 18.7 Å². The van der Waals surface area contributed by atoms with Crippen molar-refractivity contribution in [2.45, 2.75) is 13.0 Å². The van der Waals surface area contributed by atoms with Crippen LogP contribution < -0.4 is 14.2 Å². The average molecular weight is 477 g/mol. The maximum atomic E-state index is 13.1.